The highest BCUT2D eigenvalue weighted by molar-refractivity contribution is 5.96. The van der Waals surface area contributed by atoms with Crippen LogP contribution in [0.25, 0.3) is 21.7 Å². The second kappa shape index (κ2) is 7.27. The standard InChI is InChI=1S/C23H21N3O2/c1-16-6-5-9-20-22(16)24-15-26(23(20)28)13-12-21(27)25(2)19-11-10-17-7-3-4-8-18(17)14-19/h3-11,14-15H,12-13H2,1-2H3. The third kappa shape index (κ3) is 3.27. The zero-order valence-electron chi connectivity index (χ0n) is 15.9. The number of hydrogen-bond donors (Lipinski definition) is 0. The molecule has 0 fully saturated rings. The maximum absolute atomic E-state index is 12.7. The molecule has 0 saturated heterocycles. The Morgan fingerprint density at radius 3 is 2.64 bits per heavy atom. The van der Waals surface area contributed by atoms with Gasteiger partial charge in [-0.1, -0.05) is 42.5 Å². The average Bonchev–Trinajstić information content (AvgIpc) is 2.72. The largest absolute Gasteiger partial charge is 0.315 e. The molecule has 1 amide bonds. The van der Waals surface area contributed by atoms with Crippen LogP contribution in [-0.2, 0) is 11.3 Å². The predicted molar refractivity (Wildman–Crippen MR) is 113 cm³/mol. The minimum absolute atomic E-state index is 0.0495. The molecule has 0 atom stereocenters. The number of carbonyl (C=O) groups is 1. The quantitative estimate of drug-likeness (QED) is 0.546. The molecule has 1 aromatic heterocycles. The van der Waals surface area contributed by atoms with Crippen LogP contribution < -0.4 is 10.5 Å². The fraction of sp³-hybridized carbons (Fsp3) is 0.174. The Bertz CT molecular complexity index is 1240. The monoisotopic (exact) mass is 371 g/mol. The Kier molecular flexibility index (Phi) is 4.65. The van der Waals surface area contributed by atoms with Crippen molar-refractivity contribution in [2.24, 2.45) is 0 Å². The number of anilines is 1. The van der Waals surface area contributed by atoms with Gasteiger partial charge in [-0.25, -0.2) is 4.98 Å². The second-order valence-corrected chi connectivity index (χ2v) is 6.95. The summed E-state index contributed by atoms with van der Waals surface area (Å²) in [5.41, 5.74) is 2.40. The van der Waals surface area contributed by atoms with Crippen LogP contribution in [0.5, 0.6) is 0 Å². The molecule has 4 aromatic rings. The second-order valence-electron chi connectivity index (χ2n) is 6.95. The lowest BCUT2D eigenvalue weighted by Crippen LogP contribution is -2.29. The van der Waals surface area contributed by atoms with Gasteiger partial charge >= 0.3 is 0 Å². The molecule has 3 aromatic carbocycles. The van der Waals surface area contributed by atoms with Crippen LogP contribution in [0.3, 0.4) is 0 Å². The van der Waals surface area contributed by atoms with Crippen LogP contribution in [0, 0.1) is 6.92 Å². The van der Waals surface area contributed by atoms with Crippen LogP contribution >= 0.6 is 0 Å². The van der Waals surface area contributed by atoms with Crippen molar-refractivity contribution in [1.29, 1.82) is 0 Å². The lowest BCUT2D eigenvalue weighted by Gasteiger charge is -2.18. The summed E-state index contributed by atoms with van der Waals surface area (Å²) in [6.07, 6.45) is 1.75. The summed E-state index contributed by atoms with van der Waals surface area (Å²) >= 11 is 0. The molecule has 0 unspecified atom stereocenters. The summed E-state index contributed by atoms with van der Waals surface area (Å²) in [6, 6.07) is 19.5. The molecular formula is C23H21N3O2. The lowest BCUT2D eigenvalue weighted by atomic mass is 10.1. The molecule has 28 heavy (non-hydrogen) atoms. The van der Waals surface area contributed by atoms with Crippen molar-refractivity contribution in [3.8, 4) is 0 Å². The fourth-order valence-electron chi connectivity index (χ4n) is 3.41. The maximum Gasteiger partial charge on any atom is 0.261 e. The topological polar surface area (TPSA) is 55.2 Å². The van der Waals surface area contributed by atoms with E-state index in [1.54, 1.807) is 18.0 Å². The Labute approximate surface area is 162 Å². The zero-order chi connectivity index (χ0) is 19.7. The van der Waals surface area contributed by atoms with Crippen LogP contribution in [0.4, 0.5) is 5.69 Å². The van der Waals surface area contributed by atoms with Gasteiger partial charge in [0.2, 0.25) is 5.91 Å². The molecule has 0 spiro atoms. The number of hydrogen-bond acceptors (Lipinski definition) is 3. The molecule has 0 N–H and O–H groups in total. The van der Waals surface area contributed by atoms with Gasteiger partial charge in [-0.2, -0.15) is 0 Å². The van der Waals surface area contributed by atoms with Gasteiger partial charge in [-0.15, -0.1) is 0 Å². The van der Waals surface area contributed by atoms with Gasteiger partial charge in [0.15, 0.2) is 0 Å². The molecule has 5 nitrogen and oxygen atoms in total. The molecule has 0 aliphatic heterocycles. The zero-order valence-corrected chi connectivity index (χ0v) is 15.9. The van der Waals surface area contributed by atoms with Crippen LogP contribution in [0.15, 0.2) is 71.8 Å². The van der Waals surface area contributed by atoms with E-state index in [1.165, 1.54) is 10.9 Å². The third-order valence-corrected chi connectivity index (χ3v) is 5.12. The first-order valence-electron chi connectivity index (χ1n) is 9.25. The number of aryl methyl sites for hydroxylation is 2. The van der Waals surface area contributed by atoms with Gasteiger partial charge < -0.3 is 4.90 Å². The maximum atomic E-state index is 12.7. The van der Waals surface area contributed by atoms with E-state index in [0.717, 1.165) is 22.0 Å². The number of rotatable bonds is 4. The number of benzene rings is 3. The summed E-state index contributed by atoms with van der Waals surface area (Å²) in [4.78, 5) is 31.4. The predicted octanol–water partition coefficient (Wildman–Crippen LogP) is 3.91. The van der Waals surface area contributed by atoms with Crippen LogP contribution in [0.2, 0.25) is 0 Å². The van der Waals surface area contributed by atoms with Crippen molar-refractivity contribution in [3.05, 3.63) is 82.9 Å². The Balaban J connectivity index is 1.52. The van der Waals surface area contributed by atoms with Crippen molar-refractivity contribution < 1.29 is 4.79 Å². The van der Waals surface area contributed by atoms with E-state index in [1.807, 2.05) is 61.5 Å². The number of amides is 1. The molecule has 0 saturated carbocycles. The van der Waals surface area contributed by atoms with Crippen molar-refractivity contribution in [2.45, 2.75) is 19.9 Å². The van der Waals surface area contributed by atoms with Crippen molar-refractivity contribution in [3.63, 3.8) is 0 Å². The summed E-state index contributed by atoms with van der Waals surface area (Å²) in [6.45, 7) is 2.23. The third-order valence-electron chi connectivity index (χ3n) is 5.12. The highest BCUT2D eigenvalue weighted by atomic mass is 16.2. The Morgan fingerprint density at radius 2 is 1.82 bits per heavy atom. The summed E-state index contributed by atoms with van der Waals surface area (Å²) in [5.74, 6) is -0.0495. The molecule has 0 aliphatic rings. The van der Waals surface area contributed by atoms with E-state index in [9.17, 15) is 9.59 Å². The molecule has 1 heterocycles. The first kappa shape index (κ1) is 17.9. The molecule has 140 valence electrons. The van der Waals surface area contributed by atoms with Gasteiger partial charge in [0, 0.05) is 25.7 Å². The van der Waals surface area contributed by atoms with Crippen molar-refractivity contribution in [2.75, 3.05) is 11.9 Å². The highest BCUT2D eigenvalue weighted by Gasteiger charge is 2.13. The Morgan fingerprint density at radius 1 is 1.04 bits per heavy atom. The summed E-state index contributed by atoms with van der Waals surface area (Å²) in [5, 5.41) is 2.80. The average molecular weight is 371 g/mol. The van der Waals surface area contributed by atoms with Gasteiger partial charge in [0.1, 0.15) is 0 Å². The molecule has 4 rings (SSSR count). The minimum atomic E-state index is -0.116. The number of fused-ring (bicyclic) bond motifs is 2. The lowest BCUT2D eigenvalue weighted by molar-refractivity contribution is -0.118. The van der Waals surface area contributed by atoms with E-state index < -0.39 is 0 Å². The fourth-order valence-corrected chi connectivity index (χ4v) is 3.41. The van der Waals surface area contributed by atoms with Crippen molar-refractivity contribution >= 4 is 33.3 Å². The number of nitrogens with zero attached hydrogens (tertiary/aromatic N) is 3. The van der Waals surface area contributed by atoms with Crippen molar-refractivity contribution in [1.82, 2.24) is 9.55 Å². The molecular weight excluding hydrogens is 350 g/mol. The molecule has 0 radical (unpaired) electrons. The van der Waals surface area contributed by atoms with Crippen LogP contribution in [0.1, 0.15) is 12.0 Å². The first-order chi connectivity index (χ1) is 13.5. The highest BCUT2D eigenvalue weighted by Crippen LogP contribution is 2.22. The molecule has 0 aliphatic carbocycles. The van der Waals surface area contributed by atoms with Gasteiger partial charge in [-0.05, 0) is 41.5 Å². The Hall–Kier alpha value is -3.47. The SMILES string of the molecule is Cc1cccc2c(=O)n(CCC(=O)N(C)c3ccc4ccccc4c3)cnc12. The van der Waals surface area contributed by atoms with E-state index in [0.29, 0.717) is 17.4 Å². The van der Waals surface area contributed by atoms with Gasteiger partial charge in [0.05, 0.1) is 17.2 Å². The summed E-state index contributed by atoms with van der Waals surface area (Å²) < 4.78 is 1.51. The van der Waals surface area contributed by atoms with Gasteiger partial charge in [-0.3, -0.25) is 14.2 Å². The minimum Gasteiger partial charge on any atom is -0.315 e. The molecule has 0 bridgehead atoms. The van der Waals surface area contributed by atoms with E-state index in [4.69, 9.17) is 0 Å². The molecule has 5 heteroatoms. The van der Waals surface area contributed by atoms with E-state index in [2.05, 4.69) is 4.98 Å². The van der Waals surface area contributed by atoms with E-state index in [-0.39, 0.29) is 17.9 Å². The summed E-state index contributed by atoms with van der Waals surface area (Å²) in [7, 11) is 1.76. The number of para-hydroxylation sites is 1. The normalized spacial score (nSPS) is 11.1. The smallest absolute Gasteiger partial charge is 0.261 e. The van der Waals surface area contributed by atoms with Gasteiger partial charge in [0.25, 0.3) is 5.56 Å². The van der Waals surface area contributed by atoms with E-state index >= 15 is 0 Å². The number of aromatic nitrogens is 2. The number of carbonyl (C=O) groups excluding carboxylic acids is 1. The first-order valence-corrected chi connectivity index (χ1v) is 9.25. The van der Waals surface area contributed by atoms with Crippen LogP contribution in [-0.4, -0.2) is 22.5 Å².